The number of hydrogen-bond donors (Lipinski definition) is 3. The number of nitrogens with zero attached hydrogens (tertiary/aromatic N) is 2. The molecule has 0 heterocycles. The molecule has 0 spiro atoms. The Morgan fingerprint density at radius 3 is 2.44 bits per heavy atom. The smallest absolute Gasteiger partial charge is 0.195 e. The molecule has 2 rings (SSSR count). The quantitative estimate of drug-likeness (QED) is 0.315. The Hall–Kier alpha value is -2.65. The Morgan fingerprint density at radius 2 is 1.74 bits per heavy atom. The standard InChI is InChI=1S/C19H24N4O4/c20-9-10-26-11-12-27-18(13-21)19(25)16-3-1-2-4-17(16)23-22-14-5-7-15(24)8-6-14/h1-8,18,24H,9-13,20-21H2. The Kier molecular flexibility index (Phi) is 8.53. The lowest BCUT2D eigenvalue weighted by Gasteiger charge is -2.15. The van der Waals surface area contributed by atoms with Crippen molar-refractivity contribution in [1.29, 1.82) is 0 Å². The van der Waals surface area contributed by atoms with Gasteiger partial charge in [0.05, 0.1) is 31.2 Å². The summed E-state index contributed by atoms with van der Waals surface area (Å²) in [5, 5.41) is 17.6. The minimum absolute atomic E-state index is 0.0408. The molecule has 8 nitrogen and oxygen atoms in total. The number of aromatic hydroxyl groups is 1. The van der Waals surface area contributed by atoms with Crippen LogP contribution in [0.3, 0.4) is 0 Å². The summed E-state index contributed by atoms with van der Waals surface area (Å²) in [6.07, 6.45) is -0.795. The van der Waals surface area contributed by atoms with Crippen molar-refractivity contribution in [2.45, 2.75) is 6.10 Å². The average molecular weight is 372 g/mol. The van der Waals surface area contributed by atoms with Crippen molar-refractivity contribution in [1.82, 2.24) is 0 Å². The van der Waals surface area contributed by atoms with Gasteiger partial charge in [-0.25, -0.2) is 0 Å². The molecule has 2 aromatic rings. The fourth-order valence-electron chi connectivity index (χ4n) is 2.26. The zero-order valence-corrected chi connectivity index (χ0v) is 15.0. The minimum Gasteiger partial charge on any atom is -0.508 e. The Bertz CT molecular complexity index is 750. The first-order valence-electron chi connectivity index (χ1n) is 8.59. The summed E-state index contributed by atoms with van der Waals surface area (Å²) < 4.78 is 10.8. The maximum absolute atomic E-state index is 12.8. The molecule has 1 unspecified atom stereocenters. The molecule has 2 aromatic carbocycles. The SMILES string of the molecule is NCCOCCOC(CN)C(=O)c1ccccc1N=Nc1ccc(O)cc1. The number of rotatable bonds is 11. The lowest BCUT2D eigenvalue weighted by Crippen LogP contribution is -2.33. The third-order valence-electron chi connectivity index (χ3n) is 3.61. The van der Waals surface area contributed by atoms with Gasteiger partial charge in [-0.05, 0) is 36.4 Å². The summed E-state index contributed by atoms with van der Waals surface area (Å²) in [6.45, 7) is 1.48. The molecule has 0 aromatic heterocycles. The predicted octanol–water partition coefficient (Wildman–Crippen LogP) is 2.31. The lowest BCUT2D eigenvalue weighted by molar-refractivity contribution is 0.0134. The van der Waals surface area contributed by atoms with E-state index in [0.29, 0.717) is 36.7 Å². The number of ether oxygens (including phenoxy) is 2. The minimum atomic E-state index is -0.795. The highest BCUT2D eigenvalue weighted by Gasteiger charge is 2.21. The number of azo groups is 1. The van der Waals surface area contributed by atoms with Crippen molar-refractivity contribution in [3.8, 4) is 5.75 Å². The van der Waals surface area contributed by atoms with Crippen LogP contribution in [0.4, 0.5) is 11.4 Å². The van der Waals surface area contributed by atoms with Crippen molar-refractivity contribution in [2.75, 3.05) is 32.9 Å². The van der Waals surface area contributed by atoms with E-state index < -0.39 is 6.10 Å². The van der Waals surface area contributed by atoms with Gasteiger partial charge in [-0.3, -0.25) is 4.79 Å². The largest absolute Gasteiger partial charge is 0.508 e. The monoisotopic (exact) mass is 372 g/mol. The van der Waals surface area contributed by atoms with Crippen molar-refractivity contribution in [2.24, 2.45) is 21.7 Å². The van der Waals surface area contributed by atoms with E-state index in [9.17, 15) is 9.90 Å². The molecule has 0 radical (unpaired) electrons. The van der Waals surface area contributed by atoms with E-state index in [-0.39, 0.29) is 24.7 Å². The van der Waals surface area contributed by atoms with E-state index in [0.717, 1.165) is 0 Å². The van der Waals surface area contributed by atoms with Crippen LogP contribution in [0.15, 0.2) is 58.8 Å². The second-order valence-corrected chi connectivity index (χ2v) is 5.59. The number of ketones is 1. The molecule has 0 aliphatic rings. The van der Waals surface area contributed by atoms with E-state index in [2.05, 4.69) is 10.2 Å². The molecule has 0 aliphatic carbocycles. The Morgan fingerprint density at radius 1 is 1.00 bits per heavy atom. The third kappa shape index (κ3) is 6.54. The van der Waals surface area contributed by atoms with E-state index in [1.54, 1.807) is 36.4 Å². The van der Waals surface area contributed by atoms with Crippen LogP contribution < -0.4 is 11.5 Å². The van der Waals surface area contributed by atoms with Gasteiger partial charge in [-0.2, -0.15) is 5.11 Å². The number of nitrogens with two attached hydrogens (primary N) is 2. The summed E-state index contributed by atoms with van der Waals surface area (Å²) in [5.41, 5.74) is 12.4. The van der Waals surface area contributed by atoms with Crippen LogP contribution in [0.1, 0.15) is 10.4 Å². The van der Waals surface area contributed by atoms with Crippen molar-refractivity contribution >= 4 is 17.2 Å². The van der Waals surface area contributed by atoms with E-state index in [1.165, 1.54) is 12.1 Å². The molecule has 8 heteroatoms. The van der Waals surface area contributed by atoms with Crippen LogP contribution >= 0.6 is 0 Å². The lowest BCUT2D eigenvalue weighted by atomic mass is 10.0. The number of phenols is 1. The first-order valence-corrected chi connectivity index (χ1v) is 8.59. The molecule has 27 heavy (non-hydrogen) atoms. The molecule has 0 saturated carbocycles. The highest BCUT2D eigenvalue weighted by Crippen LogP contribution is 2.24. The third-order valence-corrected chi connectivity index (χ3v) is 3.61. The molecule has 0 bridgehead atoms. The number of carbonyl (C=O) groups excluding carboxylic acids is 1. The van der Waals surface area contributed by atoms with Gasteiger partial charge in [0.15, 0.2) is 5.78 Å². The second-order valence-electron chi connectivity index (χ2n) is 5.59. The van der Waals surface area contributed by atoms with Gasteiger partial charge in [0.2, 0.25) is 0 Å². The molecule has 0 aliphatic heterocycles. The van der Waals surface area contributed by atoms with Crippen molar-refractivity contribution < 1.29 is 19.4 Å². The van der Waals surface area contributed by atoms with Gasteiger partial charge in [-0.1, -0.05) is 12.1 Å². The highest BCUT2D eigenvalue weighted by atomic mass is 16.5. The van der Waals surface area contributed by atoms with E-state index in [1.807, 2.05) is 0 Å². The molecular formula is C19H24N4O4. The van der Waals surface area contributed by atoms with Gasteiger partial charge in [0.1, 0.15) is 11.9 Å². The number of Topliss-reactive ketones (excluding diaryl/α,β-unsaturated/α-hetero) is 1. The van der Waals surface area contributed by atoms with E-state index in [4.69, 9.17) is 20.9 Å². The Balaban J connectivity index is 2.07. The number of hydrogen-bond acceptors (Lipinski definition) is 8. The van der Waals surface area contributed by atoms with Crippen LogP contribution in [0.5, 0.6) is 5.75 Å². The molecule has 0 amide bonds. The van der Waals surface area contributed by atoms with Gasteiger partial charge in [0.25, 0.3) is 0 Å². The fraction of sp³-hybridized carbons (Fsp3) is 0.316. The number of benzene rings is 2. The van der Waals surface area contributed by atoms with Gasteiger partial charge < -0.3 is 26.0 Å². The van der Waals surface area contributed by atoms with Crippen LogP contribution in [0.25, 0.3) is 0 Å². The second kappa shape index (κ2) is 11.1. The van der Waals surface area contributed by atoms with Crippen LogP contribution in [0, 0.1) is 0 Å². The first-order chi connectivity index (χ1) is 13.2. The maximum atomic E-state index is 12.8. The highest BCUT2D eigenvalue weighted by molar-refractivity contribution is 6.03. The summed E-state index contributed by atoms with van der Waals surface area (Å²) >= 11 is 0. The topological polar surface area (TPSA) is 133 Å². The van der Waals surface area contributed by atoms with Crippen LogP contribution in [-0.2, 0) is 9.47 Å². The summed E-state index contributed by atoms with van der Waals surface area (Å²) in [7, 11) is 0. The summed E-state index contributed by atoms with van der Waals surface area (Å²) in [5.74, 6) is -0.125. The average Bonchev–Trinajstić information content (AvgIpc) is 2.70. The van der Waals surface area contributed by atoms with Crippen molar-refractivity contribution in [3.63, 3.8) is 0 Å². The molecule has 144 valence electrons. The zero-order chi connectivity index (χ0) is 19.5. The summed E-state index contributed by atoms with van der Waals surface area (Å²) in [4.78, 5) is 12.8. The summed E-state index contributed by atoms with van der Waals surface area (Å²) in [6, 6.07) is 13.1. The molecule has 1 atom stereocenters. The number of carbonyl (C=O) groups is 1. The van der Waals surface area contributed by atoms with E-state index >= 15 is 0 Å². The number of phenolic OH excluding ortho intramolecular Hbond substituents is 1. The van der Waals surface area contributed by atoms with Gasteiger partial charge >= 0.3 is 0 Å². The van der Waals surface area contributed by atoms with Crippen LogP contribution in [0.2, 0.25) is 0 Å². The first kappa shape index (κ1) is 20.7. The van der Waals surface area contributed by atoms with Crippen molar-refractivity contribution in [3.05, 3.63) is 54.1 Å². The normalized spacial score (nSPS) is 12.4. The molecule has 0 fully saturated rings. The fourth-order valence-corrected chi connectivity index (χ4v) is 2.26. The Labute approximate surface area is 157 Å². The van der Waals surface area contributed by atoms with Gasteiger partial charge in [-0.15, -0.1) is 5.11 Å². The predicted molar refractivity (Wildman–Crippen MR) is 102 cm³/mol. The molecular weight excluding hydrogens is 348 g/mol. The van der Waals surface area contributed by atoms with Crippen LogP contribution in [-0.4, -0.2) is 49.9 Å². The van der Waals surface area contributed by atoms with Gasteiger partial charge in [0, 0.05) is 18.7 Å². The maximum Gasteiger partial charge on any atom is 0.195 e. The zero-order valence-electron chi connectivity index (χ0n) is 15.0. The molecule has 0 saturated heterocycles. The molecule has 5 N–H and O–H groups in total.